The smallest absolute Gasteiger partial charge is 0.165 e. The highest BCUT2D eigenvalue weighted by atomic mass is 79.9. The second-order valence-electron chi connectivity index (χ2n) is 6.60. The molecule has 1 atom stereocenters. The van der Waals surface area contributed by atoms with Crippen LogP contribution in [0.15, 0.2) is 47.3 Å². The second kappa shape index (κ2) is 6.23. The molecule has 1 fully saturated rings. The highest BCUT2D eigenvalue weighted by molar-refractivity contribution is 9.10. The largest absolute Gasteiger partial charge is 0.349 e. The molecule has 8 heteroatoms. The third-order valence-electron chi connectivity index (χ3n) is 4.97. The van der Waals surface area contributed by atoms with Crippen LogP contribution in [0.1, 0.15) is 24.4 Å². The molecule has 0 spiro atoms. The summed E-state index contributed by atoms with van der Waals surface area (Å²) in [6.45, 7) is 0.737. The van der Waals surface area contributed by atoms with Crippen molar-refractivity contribution in [2.75, 3.05) is 11.4 Å². The van der Waals surface area contributed by atoms with Gasteiger partial charge in [-0.2, -0.15) is 5.10 Å². The molecule has 3 aromatic heterocycles. The number of halogens is 3. The molecule has 136 valence electrons. The van der Waals surface area contributed by atoms with Crippen molar-refractivity contribution in [3.63, 3.8) is 0 Å². The molecule has 1 aliphatic rings. The highest BCUT2D eigenvalue weighted by Crippen LogP contribution is 2.37. The maximum absolute atomic E-state index is 14.3. The average molecular weight is 430 g/mol. The third kappa shape index (κ3) is 2.75. The minimum absolute atomic E-state index is 0.238. The molecule has 0 radical (unpaired) electrons. The summed E-state index contributed by atoms with van der Waals surface area (Å²) < 4.78 is 30.4. The molecule has 0 saturated carbocycles. The van der Waals surface area contributed by atoms with E-state index in [-0.39, 0.29) is 11.9 Å². The normalized spacial score (nSPS) is 17.3. The van der Waals surface area contributed by atoms with Gasteiger partial charge in [0.05, 0.1) is 17.6 Å². The van der Waals surface area contributed by atoms with E-state index >= 15 is 0 Å². The van der Waals surface area contributed by atoms with Gasteiger partial charge in [-0.25, -0.2) is 23.3 Å². The molecule has 1 aliphatic heterocycles. The van der Waals surface area contributed by atoms with E-state index < -0.39 is 5.82 Å². The van der Waals surface area contributed by atoms with Gasteiger partial charge in [0.15, 0.2) is 5.65 Å². The quantitative estimate of drug-likeness (QED) is 0.434. The summed E-state index contributed by atoms with van der Waals surface area (Å²) in [4.78, 5) is 11.0. The number of aromatic nitrogens is 4. The second-order valence-corrected chi connectivity index (χ2v) is 7.41. The standard InChI is InChI=1S/C19H14BrF2N5/c20-17-9-13-15(10-23-17)25-27-7-5-18(24-19(13)27)26-6-1-2-16(26)12-8-11(21)3-4-14(12)22/h3-5,7-10,16H,1-2,6H2/t16-/m1/s1. The topological polar surface area (TPSA) is 46.3 Å². The Morgan fingerprint density at radius 2 is 2.04 bits per heavy atom. The Kier molecular flexibility index (Phi) is 3.82. The molecule has 0 aliphatic carbocycles. The van der Waals surface area contributed by atoms with Crippen molar-refractivity contribution in [1.82, 2.24) is 19.6 Å². The van der Waals surface area contributed by atoms with Gasteiger partial charge in [-0.3, -0.25) is 0 Å². The minimum atomic E-state index is -0.430. The van der Waals surface area contributed by atoms with Crippen LogP contribution in [-0.2, 0) is 0 Å². The van der Waals surface area contributed by atoms with Crippen LogP contribution in [0.2, 0.25) is 0 Å². The first-order valence-electron chi connectivity index (χ1n) is 8.62. The Hall–Kier alpha value is -2.61. The van der Waals surface area contributed by atoms with E-state index in [0.717, 1.165) is 42.2 Å². The first-order chi connectivity index (χ1) is 13.1. The zero-order valence-corrected chi connectivity index (χ0v) is 15.7. The molecule has 27 heavy (non-hydrogen) atoms. The predicted molar refractivity (Wildman–Crippen MR) is 102 cm³/mol. The SMILES string of the molecule is Fc1ccc(F)c([C@H]2CCCN2c2ccn3nc4cnc(Br)cc4c3n2)c1. The van der Waals surface area contributed by atoms with Gasteiger partial charge in [-0.1, -0.05) is 0 Å². The minimum Gasteiger partial charge on any atom is -0.349 e. The van der Waals surface area contributed by atoms with Crippen LogP contribution in [0.4, 0.5) is 14.6 Å². The number of benzene rings is 1. The number of fused-ring (bicyclic) bond motifs is 3. The monoisotopic (exact) mass is 429 g/mol. The molecule has 0 bridgehead atoms. The van der Waals surface area contributed by atoms with E-state index in [1.54, 1.807) is 10.7 Å². The van der Waals surface area contributed by atoms with Crippen LogP contribution < -0.4 is 4.90 Å². The molecule has 0 amide bonds. The molecule has 1 saturated heterocycles. The fourth-order valence-electron chi connectivity index (χ4n) is 3.76. The molecule has 5 rings (SSSR count). The Balaban J connectivity index is 1.62. The number of hydrogen-bond donors (Lipinski definition) is 0. The van der Waals surface area contributed by atoms with Gasteiger partial charge in [0, 0.05) is 18.3 Å². The van der Waals surface area contributed by atoms with Gasteiger partial charge in [0.1, 0.15) is 27.6 Å². The molecule has 4 aromatic rings. The Morgan fingerprint density at radius 3 is 2.93 bits per heavy atom. The number of rotatable bonds is 2. The van der Waals surface area contributed by atoms with Gasteiger partial charge >= 0.3 is 0 Å². The van der Waals surface area contributed by atoms with Crippen molar-refractivity contribution >= 4 is 38.3 Å². The summed E-state index contributed by atoms with van der Waals surface area (Å²) in [6, 6.07) is 7.12. The number of nitrogens with zero attached hydrogens (tertiary/aromatic N) is 5. The van der Waals surface area contributed by atoms with Crippen molar-refractivity contribution in [3.8, 4) is 0 Å². The lowest BCUT2D eigenvalue weighted by atomic mass is 10.0. The lowest BCUT2D eigenvalue weighted by Gasteiger charge is -2.26. The summed E-state index contributed by atoms with van der Waals surface area (Å²) in [5, 5.41) is 5.35. The summed E-state index contributed by atoms with van der Waals surface area (Å²) in [6.07, 6.45) is 5.17. The maximum Gasteiger partial charge on any atom is 0.165 e. The molecular formula is C19H14BrF2N5. The number of pyridine rings is 1. The summed E-state index contributed by atoms with van der Waals surface area (Å²) in [7, 11) is 0. The molecule has 4 heterocycles. The van der Waals surface area contributed by atoms with E-state index in [0.29, 0.717) is 15.8 Å². The van der Waals surface area contributed by atoms with Crippen molar-refractivity contribution in [2.24, 2.45) is 0 Å². The average Bonchev–Trinajstić information content (AvgIpc) is 3.28. The molecular weight excluding hydrogens is 416 g/mol. The zero-order valence-electron chi connectivity index (χ0n) is 14.1. The van der Waals surface area contributed by atoms with Crippen LogP contribution in [0.25, 0.3) is 16.6 Å². The van der Waals surface area contributed by atoms with Crippen molar-refractivity contribution in [1.29, 1.82) is 0 Å². The van der Waals surface area contributed by atoms with Gasteiger partial charge in [-0.05, 0) is 59.1 Å². The summed E-state index contributed by atoms with van der Waals surface area (Å²) >= 11 is 3.38. The Labute approximate surface area is 161 Å². The van der Waals surface area contributed by atoms with Gasteiger partial charge in [-0.15, -0.1) is 0 Å². The van der Waals surface area contributed by atoms with Gasteiger partial charge in [0.2, 0.25) is 0 Å². The van der Waals surface area contributed by atoms with Crippen LogP contribution in [0.5, 0.6) is 0 Å². The first-order valence-corrected chi connectivity index (χ1v) is 9.42. The van der Waals surface area contributed by atoms with Crippen LogP contribution in [0.3, 0.4) is 0 Å². The lowest BCUT2D eigenvalue weighted by Crippen LogP contribution is -2.24. The van der Waals surface area contributed by atoms with Gasteiger partial charge < -0.3 is 4.90 Å². The fourth-order valence-corrected chi connectivity index (χ4v) is 4.09. The van der Waals surface area contributed by atoms with E-state index in [9.17, 15) is 8.78 Å². The Bertz CT molecular complexity index is 1180. The van der Waals surface area contributed by atoms with E-state index in [1.165, 1.54) is 12.1 Å². The maximum atomic E-state index is 14.3. The lowest BCUT2D eigenvalue weighted by molar-refractivity contribution is 0.560. The molecule has 1 aromatic carbocycles. The third-order valence-corrected chi connectivity index (χ3v) is 5.41. The van der Waals surface area contributed by atoms with Crippen molar-refractivity contribution in [3.05, 3.63) is 64.5 Å². The highest BCUT2D eigenvalue weighted by Gasteiger charge is 2.30. The number of hydrogen-bond acceptors (Lipinski definition) is 4. The summed E-state index contributed by atoms with van der Waals surface area (Å²) in [5.74, 6) is -0.0941. The fraction of sp³-hybridized carbons (Fsp3) is 0.211. The van der Waals surface area contributed by atoms with Crippen LogP contribution >= 0.6 is 15.9 Å². The molecule has 5 nitrogen and oxygen atoms in total. The zero-order chi connectivity index (χ0) is 18.5. The first kappa shape index (κ1) is 16.6. The van der Waals surface area contributed by atoms with Crippen LogP contribution in [0, 0.1) is 11.6 Å². The van der Waals surface area contributed by atoms with Crippen molar-refractivity contribution in [2.45, 2.75) is 18.9 Å². The molecule has 0 unspecified atom stereocenters. The predicted octanol–water partition coefficient (Wildman–Crippen LogP) is 4.66. The summed E-state index contributed by atoms with van der Waals surface area (Å²) in [5.41, 5.74) is 1.83. The number of anilines is 1. The van der Waals surface area contributed by atoms with Crippen molar-refractivity contribution < 1.29 is 8.78 Å². The van der Waals surface area contributed by atoms with Gasteiger partial charge in [0.25, 0.3) is 0 Å². The molecule has 0 N–H and O–H groups in total. The van der Waals surface area contributed by atoms with Crippen LogP contribution in [-0.4, -0.2) is 26.1 Å². The Morgan fingerprint density at radius 1 is 1.15 bits per heavy atom. The van der Waals surface area contributed by atoms with E-state index in [2.05, 4.69) is 26.0 Å². The van der Waals surface area contributed by atoms with E-state index in [4.69, 9.17) is 4.98 Å². The van der Waals surface area contributed by atoms with E-state index in [1.807, 2.05) is 23.2 Å².